The number of hydrazine groups is 1. The third-order valence-electron chi connectivity index (χ3n) is 3.43. The lowest BCUT2D eigenvalue weighted by molar-refractivity contribution is 0.0618. The molecule has 1 aliphatic rings. The van der Waals surface area contributed by atoms with Crippen molar-refractivity contribution >= 4 is 11.6 Å². The number of aromatic nitrogens is 1. The Morgan fingerprint density at radius 1 is 1.35 bits per heavy atom. The summed E-state index contributed by atoms with van der Waals surface area (Å²) in [5.74, 6) is 5.94. The number of nitrogens with zero attached hydrogens (tertiary/aromatic N) is 3. The number of hydrogen-bond donors (Lipinski definition) is 2. The van der Waals surface area contributed by atoms with Gasteiger partial charge in [-0.05, 0) is 18.1 Å². The molecule has 20 heavy (non-hydrogen) atoms. The lowest BCUT2D eigenvalue weighted by Crippen LogP contribution is -2.49. The van der Waals surface area contributed by atoms with Crippen LogP contribution in [0.3, 0.4) is 0 Å². The molecule has 0 bridgehead atoms. The second kappa shape index (κ2) is 6.67. The van der Waals surface area contributed by atoms with Crippen LogP contribution in [0.5, 0.6) is 0 Å². The lowest BCUT2D eigenvalue weighted by atomic mass is 10.2. The van der Waals surface area contributed by atoms with Crippen molar-refractivity contribution in [2.75, 3.05) is 38.1 Å². The highest BCUT2D eigenvalue weighted by atomic mass is 16.2. The summed E-state index contributed by atoms with van der Waals surface area (Å²) in [5.41, 5.74) is 3.67. The third kappa shape index (κ3) is 3.68. The number of nitrogens with two attached hydrogens (primary N) is 1. The van der Waals surface area contributed by atoms with Crippen LogP contribution in [0.2, 0.25) is 0 Å². The summed E-state index contributed by atoms with van der Waals surface area (Å²) >= 11 is 0. The van der Waals surface area contributed by atoms with Crippen LogP contribution < -0.4 is 11.3 Å². The molecule has 0 aromatic carbocycles. The van der Waals surface area contributed by atoms with Gasteiger partial charge in [-0.3, -0.25) is 15.5 Å². The molecule has 1 aliphatic heterocycles. The summed E-state index contributed by atoms with van der Waals surface area (Å²) in [6.07, 6.45) is 1.57. The number of carbonyl (C=O) groups excluding carboxylic acids is 1. The van der Waals surface area contributed by atoms with E-state index in [1.54, 1.807) is 18.3 Å². The Labute approximate surface area is 119 Å². The van der Waals surface area contributed by atoms with Crippen LogP contribution in [0.4, 0.5) is 5.69 Å². The van der Waals surface area contributed by atoms with E-state index in [0.717, 1.165) is 32.7 Å². The second-order valence-electron chi connectivity index (χ2n) is 5.56. The van der Waals surface area contributed by atoms with Gasteiger partial charge in [-0.2, -0.15) is 0 Å². The monoisotopic (exact) mass is 277 g/mol. The van der Waals surface area contributed by atoms with Crippen molar-refractivity contribution in [2.45, 2.75) is 13.8 Å². The smallest absolute Gasteiger partial charge is 0.272 e. The summed E-state index contributed by atoms with van der Waals surface area (Å²) in [6, 6.07) is 3.47. The Hall–Kier alpha value is -1.66. The van der Waals surface area contributed by atoms with E-state index in [1.807, 2.05) is 4.90 Å². The summed E-state index contributed by atoms with van der Waals surface area (Å²) in [6.45, 7) is 8.94. The number of amides is 1. The number of nitrogen functional groups attached to an aromatic ring is 1. The minimum Gasteiger partial charge on any atom is -0.335 e. The van der Waals surface area contributed by atoms with Gasteiger partial charge < -0.3 is 10.3 Å². The maximum atomic E-state index is 12.3. The lowest BCUT2D eigenvalue weighted by Gasteiger charge is -2.35. The molecule has 1 fully saturated rings. The molecule has 1 amide bonds. The molecule has 2 rings (SSSR count). The second-order valence-corrected chi connectivity index (χ2v) is 5.56. The summed E-state index contributed by atoms with van der Waals surface area (Å²) in [5, 5.41) is 0. The minimum absolute atomic E-state index is 0.00207. The Morgan fingerprint density at radius 2 is 2.05 bits per heavy atom. The molecule has 1 aromatic heterocycles. The highest BCUT2D eigenvalue weighted by Crippen LogP contribution is 2.10. The molecule has 6 heteroatoms. The van der Waals surface area contributed by atoms with Crippen molar-refractivity contribution in [1.82, 2.24) is 14.8 Å². The van der Waals surface area contributed by atoms with Crippen LogP contribution in [0.25, 0.3) is 0 Å². The Kier molecular flexibility index (Phi) is 4.92. The number of anilines is 1. The van der Waals surface area contributed by atoms with Crippen molar-refractivity contribution in [2.24, 2.45) is 11.8 Å². The van der Waals surface area contributed by atoms with E-state index in [-0.39, 0.29) is 5.91 Å². The van der Waals surface area contributed by atoms with E-state index in [4.69, 9.17) is 5.84 Å². The first-order valence-electron chi connectivity index (χ1n) is 7.04. The molecule has 0 saturated carbocycles. The average molecular weight is 277 g/mol. The topological polar surface area (TPSA) is 74.5 Å². The van der Waals surface area contributed by atoms with Crippen LogP contribution in [-0.4, -0.2) is 53.4 Å². The van der Waals surface area contributed by atoms with E-state index < -0.39 is 0 Å². The largest absolute Gasteiger partial charge is 0.335 e. The van der Waals surface area contributed by atoms with E-state index in [0.29, 0.717) is 17.3 Å². The minimum atomic E-state index is -0.00207. The molecule has 1 saturated heterocycles. The first-order valence-corrected chi connectivity index (χ1v) is 7.04. The van der Waals surface area contributed by atoms with Gasteiger partial charge in [-0.1, -0.05) is 13.8 Å². The predicted molar refractivity (Wildman–Crippen MR) is 79.2 cm³/mol. The van der Waals surface area contributed by atoms with E-state index in [2.05, 4.69) is 29.2 Å². The van der Waals surface area contributed by atoms with Crippen molar-refractivity contribution in [3.63, 3.8) is 0 Å². The molecule has 0 spiro atoms. The van der Waals surface area contributed by atoms with Crippen molar-refractivity contribution in [3.05, 3.63) is 24.0 Å². The Bertz CT molecular complexity index is 437. The van der Waals surface area contributed by atoms with Crippen molar-refractivity contribution in [1.29, 1.82) is 0 Å². The van der Waals surface area contributed by atoms with Gasteiger partial charge in [0.25, 0.3) is 5.91 Å². The molecule has 2 heterocycles. The number of piperazine rings is 1. The average Bonchev–Trinajstić information content (AvgIpc) is 2.47. The first-order chi connectivity index (χ1) is 9.60. The third-order valence-corrected chi connectivity index (χ3v) is 3.43. The molecule has 0 unspecified atom stereocenters. The molecule has 3 N–H and O–H groups in total. The number of hydrogen-bond acceptors (Lipinski definition) is 5. The molecular formula is C14H23N5O. The maximum absolute atomic E-state index is 12.3. The summed E-state index contributed by atoms with van der Waals surface area (Å²) in [7, 11) is 0. The Morgan fingerprint density at radius 3 is 2.55 bits per heavy atom. The number of nitrogens with one attached hydrogen (secondary N) is 1. The Balaban J connectivity index is 1.90. The zero-order chi connectivity index (χ0) is 14.5. The first kappa shape index (κ1) is 14.7. The van der Waals surface area contributed by atoms with Gasteiger partial charge in [-0.15, -0.1) is 0 Å². The molecule has 0 aliphatic carbocycles. The summed E-state index contributed by atoms with van der Waals surface area (Å²) in [4.78, 5) is 20.7. The molecular weight excluding hydrogens is 254 g/mol. The highest BCUT2D eigenvalue weighted by molar-refractivity contribution is 5.92. The van der Waals surface area contributed by atoms with Crippen LogP contribution in [0.1, 0.15) is 24.3 Å². The van der Waals surface area contributed by atoms with Gasteiger partial charge in [-0.25, -0.2) is 4.98 Å². The highest BCUT2D eigenvalue weighted by Gasteiger charge is 2.22. The van der Waals surface area contributed by atoms with Gasteiger partial charge in [0.2, 0.25) is 0 Å². The SMILES string of the molecule is CC(C)CN1CCN(C(=O)c2ccc(NN)cn2)CC1. The van der Waals surface area contributed by atoms with Crippen LogP contribution in [0.15, 0.2) is 18.3 Å². The van der Waals surface area contributed by atoms with E-state index >= 15 is 0 Å². The maximum Gasteiger partial charge on any atom is 0.272 e. The van der Waals surface area contributed by atoms with Crippen LogP contribution >= 0.6 is 0 Å². The van der Waals surface area contributed by atoms with Crippen LogP contribution in [-0.2, 0) is 0 Å². The number of rotatable bonds is 4. The van der Waals surface area contributed by atoms with E-state index in [1.165, 1.54) is 0 Å². The number of carbonyl (C=O) groups is 1. The van der Waals surface area contributed by atoms with Crippen LogP contribution in [0, 0.1) is 5.92 Å². The van der Waals surface area contributed by atoms with Crippen molar-refractivity contribution in [3.8, 4) is 0 Å². The van der Waals surface area contributed by atoms with Gasteiger partial charge in [0.05, 0.1) is 11.9 Å². The fourth-order valence-corrected chi connectivity index (χ4v) is 2.42. The fourth-order valence-electron chi connectivity index (χ4n) is 2.42. The number of pyridine rings is 1. The zero-order valence-corrected chi connectivity index (χ0v) is 12.2. The van der Waals surface area contributed by atoms with E-state index in [9.17, 15) is 4.79 Å². The normalized spacial score (nSPS) is 16.5. The van der Waals surface area contributed by atoms with Gasteiger partial charge in [0.1, 0.15) is 5.69 Å². The summed E-state index contributed by atoms with van der Waals surface area (Å²) < 4.78 is 0. The van der Waals surface area contributed by atoms with Gasteiger partial charge in [0.15, 0.2) is 0 Å². The molecule has 0 radical (unpaired) electrons. The molecule has 110 valence electrons. The quantitative estimate of drug-likeness (QED) is 0.628. The standard InChI is InChI=1S/C14H23N5O/c1-11(2)10-18-5-7-19(8-6-18)14(20)13-4-3-12(17-15)9-16-13/h3-4,9,11,17H,5-8,10,15H2,1-2H3. The van der Waals surface area contributed by atoms with Crippen molar-refractivity contribution < 1.29 is 4.79 Å². The predicted octanol–water partition coefficient (Wildman–Crippen LogP) is 0.781. The molecule has 0 atom stereocenters. The van der Waals surface area contributed by atoms with Gasteiger partial charge in [0, 0.05) is 32.7 Å². The zero-order valence-electron chi connectivity index (χ0n) is 12.2. The molecule has 1 aromatic rings. The fraction of sp³-hybridized carbons (Fsp3) is 0.571. The molecule has 6 nitrogen and oxygen atoms in total. The van der Waals surface area contributed by atoms with Gasteiger partial charge >= 0.3 is 0 Å².